The molecule has 1 saturated heterocycles. The number of aromatic nitrogens is 2. The smallest absolute Gasteiger partial charge is 0.158 e. The Labute approximate surface area is 135 Å². The monoisotopic (exact) mass is 319 g/mol. The molecule has 1 N–H and O–H groups in total. The van der Waals surface area contributed by atoms with Crippen LogP contribution in [0.2, 0.25) is 0 Å². The maximum atomic E-state index is 13.1. The molecule has 0 spiro atoms. The van der Waals surface area contributed by atoms with Crippen molar-refractivity contribution in [3.8, 4) is 11.3 Å². The predicted octanol–water partition coefficient (Wildman–Crippen LogP) is 2.80. The Morgan fingerprint density at radius 1 is 1.26 bits per heavy atom. The molecule has 3 rings (SSSR count). The molecule has 6 heteroatoms. The summed E-state index contributed by atoms with van der Waals surface area (Å²) in [5.74, 6) is -0.237. The third-order valence-corrected chi connectivity index (χ3v) is 3.93. The summed E-state index contributed by atoms with van der Waals surface area (Å²) < 4.78 is 24.2. The maximum absolute atomic E-state index is 13.1. The highest BCUT2D eigenvalue weighted by atomic mass is 19.1. The van der Waals surface area contributed by atoms with E-state index in [9.17, 15) is 4.39 Å². The summed E-state index contributed by atoms with van der Waals surface area (Å²) in [5, 5.41) is 7.13. The van der Waals surface area contributed by atoms with Gasteiger partial charge in [0.15, 0.2) is 6.29 Å². The fraction of sp³-hybridized carbons (Fsp3) is 0.471. The molecule has 124 valence electrons. The van der Waals surface area contributed by atoms with Crippen LogP contribution >= 0.6 is 0 Å². The van der Waals surface area contributed by atoms with Gasteiger partial charge in [0.2, 0.25) is 0 Å². The second kappa shape index (κ2) is 7.68. The fourth-order valence-electron chi connectivity index (χ4n) is 2.70. The van der Waals surface area contributed by atoms with Gasteiger partial charge in [-0.05, 0) is 37.7 Å². The number of nitrogens with zero attached hydrogens (tertiary/aromatic N) is 2. The van der Waals surface area contributed by atoms with Crippen LogP contribution in [0.3, 0.4) is 0 Å². The van der Waals surface area contributed by atoms with Crippen LogP contribution in [0.25, 0.3) is 11.3 Å². The van der Waals surface area contributed by atoms with Gasteiger partial charge in [0.05, 0.1) is 25.1 Å². The van der Waals surface area contributed by atoms with Crippen LogP contribution in [0.1, 0.15) is 18.4 Å². The zero-order valence-corrected chi connectivity index (χ0v) is 13.3. The van der Waals surface area contributed by atoms with E-state index >= 15 is 0 Å². The van der Waals surface area contributed by atoms with Gasteiger partial charge in [0.25, 0.3) is 0 Å². The van der Waals surface area contributed by atoms with Crippen molar-refractivity contribution in [2.75, 3.05) is 26.8 Å². The Morgan fingerprint density at radius 2 is 2.00 bits per heavy atom. The minimum atomic E-state index is -0.237. The highest BCUT2D eigenvalue weighted by Gasteiger charge is 2.16. The number of H-pyrrole nitrogens is 1. The Balaban J connectivity index is 1.57. The van der Waals surface area contributed by atoms with Crippen LogP contribution in [-0.2, 0) is 16.0 Å². The lowest BCUT2D eigenvalue weighted by molar-refractivity contribution is -0.182. The van der Waals surface area contributed by atoms with Gasteiger partial charge < -0.3 is 14.4 Å². The van der Waals surface area contributed by atoms with E-state index in [1.807, 2.05) is 6.20 Å². The van der Waals surface area contributed by atoms with Gasteiger partial charge in [-0.2, -0.15) is 5.10 Å². The first-order valence-electron chi connectivity index (χ1n) is 7.92. The maximum Gasteiger partial charge on any atom is 0.158 e. The molecular formula is C17H22FN3O2. The van der Waals surface area contributed by atoms with Crippen molar-refractivity contribution >= 4 is 0 Å². The lowest BCUT2D eigenvalue weighted by atomic mass is 10.1. The molecule has 0 radical (unpaired) electrons. The highest BCUT2D eigenvalue weighted by molar-refractivity contribution is 5.62. The molecule has 0 aliphatic carbocycles. The summed E-state index contributed by atoms with van der Waals surface area (Å²) in [6.07, 6.45) is 3.55. The van der Waals surface area contributed by atoms with Crippen molar-refractivity contribution in [3.63, 3.8) is 0 Å². The largest absolute Gasteiger partial charge is 0.353 e. The molecule has 1 aromatic carbocycles. The van der Waals surface area contributed by atoms with E-state index < -0.39 is 0 Å². The lowest BCUT2D eigenvalue weighted by Crippen LogP contribution is -2.29. The molecule has 1 aliphatic heterocycles. The first kappa shape index (κ1) is 16.1. The molecule has 0 atom stereocenters. The molecule has 5 nitrogen and oxygen atoms in total. The quantitative estimate of drug-likeness (QED) is 0.889. The van der Waals surface area contributed by atoms with E-state index in [-0.39, 0.29) is 12.1 Å². The zero-order valence-electron chi connectivity index (χ0n) is 13.3. The van der Waals surface area contributed by atoms with E-state index in [1.165, 1.54) is 12.1 Å². The molecule has 2 heterocycles. The van der Waals surface area contributed by atoms with Crippen LogP contribution in [-0.4, -0.2) is 48.2 Å². The first-order chi connectivity index (χ1) is 11.2. The number of aromatic amines is 1. The Hall–Kier alpha value is -1.76. The number of halogens is 1. The molecule has 0 unspecified atom stereocenters. The van der Waals surface area contributed by atoms with Crippen molar-refractivity contribution in [1.82, 2.24) is 15.1 Å². The second-order valence-electron chi connectivity index (χ2n) is 5.83. The summed E-state index contributed by atoms with van der Waals surface area (Å²) in [5.41, 5.74) is 2.96. The summed E-state index contributed by atoms with van der Waals surface area (Å²) in [4.78, 5) is 2.21. The number of benzene rings is 1. The number of hydrogen-bond acceptors (Lipinski definition) is 4. The second-order valence-corrected chi connectivity index (χ2v) is 5.83. The van der Waals surface area contributed by atoms with Gasteiger partial charge in [-0.3, -0.25) is 5.10 Å². The average molecular weight is 319 g/mol. The molecular weight excluding hydrogens is 297 g/mol. The van der Waals surface area contributed by atoms with E-state index in [0.29, 0.717) is 0 Å². The third kappa shape index (κ3) is 4.37. The van der Waals surface area contributed by atoms with Crippen LogP contribution < -0.4 is 0 Å². The molecule has 0 bridgehead atoms. The van der Waals surface area contributed by atoms with Gasteiger partial charge in [-0.25, -0.2) is 4.39 Å². The van der Waals surface area contributed by atoms with Crippen molar-refractivity contribution in [2.45, 2.75) is 25.7 Å². The lowest BCUT2D eigenvalue weighted by Gasteiger charge is -2.25. The molecule has 23 heavy (non-hydrogen) atoms. The van der Waals surface area contributed by atoms with E-state index in [2.05, 4.69) is 22.1 Å². The predicted molar refractivity (Wildman–Crippen MR) is 85.2 cm³/mol. The minimum absolute atomic E-state index is 0.0906. The summed E-state index contributed by atoms with van der Waals surface area (Å²) in [6, 6.07) is 6.44. The van der Waals surface area contributed by atoms with Crippen molar-refractivity contribution < 1.29 is 13.9 Å². The zero-order chi connectivity index (χ0) is 16.1. The molecule has 0 saturated carbocycles. The molecule has 1 fully saturated rings. The molecule has 0 amide bonds. The Kier molecular flexibility index (Phi) is 5.38. The highest BCUT2D eigenvalue weighted by Crippen LogP contribution is 2.22. The van der Waals surface area contributed by atoms with Gasteiger partial charge in [0, 0.05) is 30.6 Å². The topological polar surface area (TPSA) is 50.4 Å². The van der Waals surface area contributed by atoms with Gasteiger partial charge in [-0.1, -0.05) is 0 Å². The van der Waals surface area contributed by atoms with Crippen LogP contribution in [0.15, 0.2) is 30.5 Å². The van der Waals surface area contributed by atoms with Crippen molar-refractivity contribution in [3.05, 3.63) is 41.8 Å². The number of hydrogen-bond donors (Lipinski definition) is 1. The number of rotatable bonds is 6. The average Bonchev–Trinajstić information content (AvgIpc) is 3.03. The van der Waals surface area contributed by atoms with Gasteiger partial charge >= 0.3 is 0 Å². The molecule has 2 aromatic rings. The fourth-order valence-corrected chi connectivity index (χ4v) is 2.70. The van der Waals surface area contributed by atoms with Gasteiger partial charge in [-0.15, -0.1) is 0 Å². The van der Waals surface area contributed by atoms with Crippen molar-refractivity contribution in [2.24, 2.45) is 0 Å². The van der Waals surface area contributed by atoms with Gasteiger partial charge in [0.1, 0.15) is 5.82 Å². The first-order valence-corrected chi connectivity index (χ1v) is 7.92. The SMILES string of the molecule is CN(CCC1OCCCO1)Cc1cn[nH]c1-c1ccc(F)cc1. The van der Waals surface area contributed by atoms with E-state index in [4.69, 9.17) is 9.47 Å². The van der Waals surface area contributed by atoms with Crippen LogP contribution in [0.4, 0.5) is 4.39 Å². The van der Waals surface area contributed by atoms with Crippen LogP contribution in [0, 0.1) is 5.82 Å². The van der Waals surface area contributed by atoms with Crippen molar-refractivity contribution in [1.29, 1.82) is 0 Å². The molecule has 1 aromatic heterocycles. The third-order valence-electron chi connectivity index (χ3n) is 3.93. The standard InChI is InChI=1S/C17H22FN3O2/c1-21(8-7-16-22-9-2-10-23-16)12-14-11-19-20-17(14)13-3-5-15(18)6-4-13/h3-6,11,16H,2,7-10,12H2,1H3,(H,19,20). The minimum Gasteiger partial charge on any atom is -0.353 e. The summed E-state index contributed by atoms with van der Waals surface area (Å²) in [6.45, 7) is 3.20. The van der Waals surface area contributed by atoms with Crippen LogP contribution in [0.5, 0.6) is 0 Å². The van der Waals surface area contributed by atoms with E-state index in [1.54, 1.807) is 12.1 Å². The van der Waals surface area contributed by atoms with E-state index in [0.717, 1.165) is 56.0 Å². The summed E-state index contributed by atoms with van der Waals surface area (Å²) >= 11 is 0. The Bertz CT molecular complexity index is 609. The number of ether oxygens (including phenoxy) is 2. The normalized spacial score (nSPS) is 16.1. The Morgan fingerprint density at radius 3 is 2.74 bits per heavy atom. The number of nitrogens with one attached hydrogen (secondary N) is 1. The molecule has 1 aliphatic rings. The summed E-state index contributed by atoms with van der Waals surface area (Å²) in [7, 11) is 2.06.